The number of hydrogen-bond donors (Lipinski definition) is 0. The van der Waals surface area contributed by atoms with Crippen molar-refractivity contribution in [1.82, 2.24) is 14.6 Å². The first kappa shape index (κ1) is 17.0. The molecule has 0 fully saturated rings. The number of aromatic nitrogens is 3. The predicted molar refractivity (Wildman–Crippen MR) is 99.3 cm³/mol. The quantitative estimate of drug-likeness (QED) is 0.655. The summed E-state index contributed by atoms with van der Waals surface area (Å²) in [6, 6.07) is 7.57. The maximum absolute atomic E-state index is 14.4. The summed E-state index contributed by atoms with van der Waals surface area (Å²) in [5, 5.41) is 8.47. The summed E-state index contributed by atoms with van der Waals surface area (Å²) in [7, 11) is 0. The van der Waals surface area contributed by atoms with E-state index in [0.717, 1.165) is 53.9 Å². The third-order valence-corrected chi connectivity index (χ3v) is 5.57. The number of hydrogen-bond acceptors (Lipinski definition) is 3. The van der Waals surface area contributed by atoms with E-state index in [2.05, 4.69) is 40.6 Å². The molecule has 2 aromatic heterocycles. The molecule has 0 amide bonds. The van der Waals surface area contributed by atoms with Crippen LogP contribution in [0.2, 0.25) is 0 Å². The molecule has 0 bridgehead atoms. The van der Waals surface area contributed by atoms with Crippen LogP contribution in [0.15, 0.2) is 30.6 Å². The van der Waals surface area contributed by atoms with E-state index >= 15 is 0 Å². The Hall–Kier alpha value is -2.43. The van der Waals surface area contributed by atoms with E-state index in [0.29, 0.717) is 18.9 Å². The molecular formula is C21H24FN3O. The minimum Gasteiger partial charge on any atom is -0.493 e. The zero-order chi connectivity index (χ0) is 18.1. The number of fused-ring (bicyclic) bond motifs is 2. The Kier molecular flexibility index (Phi) is 4.62. The van der Waals surface area contributed by atoms with E-state index in [-0.39, 0.29) is 5.82 Å². The molecule has 0 atom stereocenters. The van der Waals surface area contributed by atoms with Crippen molar-refractivity contribution < 1.29 is 9.13 Å². The van der Waals surface area contributed by atoms with Crippen LogP contribution >= 0.6 is 0 Å². The van der Waals surface area contributed by atoms with Crippen LogP contribution in [-0.2, 0) is 19.3 Å². The third-order valence-electron chi connectivity index (χ3n) is 5.57. The maximum atomic E-state index is 14.4. The highest BCUT2D eigenvalue weighted by atomic mass is 19.1. The normalized spacial score (nSPS) is 13.4. The Balaban J connectivity index is 1.65. The van der Waals surface area contributed by atoms with Crippen molar-refractivity contribution in [1.29, 1.82) is 0 Å². The van der Waals surface area contributed by atoms with Crippen molar-refractivity contribution in [2.75, 3.05) is 6.61 Å². The van der Waals surface area contributed by atoms with Gasteiger partial charge in [-0.05, 0) is 55.4 Å². The molecule has 0 spiro atoms. The minimum atomic E-state index is -0.136. The molecule has 1 aromatic carbocycles. The van der Waals surface area contributed by atoms with Crippen molar-refractivity contribution in [3.63, 3.8) is 0 Å². The number of ether oxygens (including phenoxy) is 1. The first-order chi connectivity index (χ1) is 12.7. The summed E-state index contributed by atoms with van der Waals surface area (Å²) in [4.78, 5) is 0. The number of halogens is 1. The SMILES string of the molecule is CCC(CC)c1ccc(CCc2c(F)ccc3c2CCO3)n2cnnc12. The van der Waals surface area contributed by atoms with Gasteiger partial charge in [-0.2, -0.15) is 0 Å². The summed E-state index contributed by atoms with van der Waals surface area (Å²) in [6.45, 7) is 5.05. The highest BCUT2D eigenvalue weighted by molar-refractivity contribution is 5.50. The number of benzene rings is 1. The zero-order valence-electron chi connectivity index (χ0n) is 15.3. The van der Waals surface area contributed by atoms with Crippen molar-refractivity contribution in [3.05, 3.63) is 58.8 Å². The first-order valence-corrected chi connectivity index (χ1v) is 9.47. The minimum absolute atomic E-state index is 0.136. The zero-order valence-corrected chi connectivity index (χ0v) is 15.3. The maximum Gasteiger partial charge on any atom is 0.164 e. The van der Waals surface area contributed by atoms with E-state index in [1.54, 1.807) is 12.4 Å². The Morgan fingerprint density at radius 2 is 2.00 bits per heavy atom. The molecule has 3 heterocycles. The first-order valence-electron chi connectivity index (χ1n) is 9.47. The lowest BCUT2D eigenvalue weighted by atomic mass is 9.94. The van der Waals surface area contributed by atoms with E-state index in [1.807, 2.05) is 0 Å². The van der Waals surface area contributed by atoms with Crippen molar-refractivity contribution in [2.24, 2.45) is 0 Å². The van der Waals surface area contributed by atoms with Crippen LogP contribution in [0.3, 0.4) is 0 Å². The highest BCUT2D eigenvalue weighted by Crippen LogP contribution is 2.31. The number of pyridine rings is 1. The molecule has 0 aliphatic carbocycles. The fourth-order valence-electron chi connectivity index (χ4n) is 4.07. The molecule has 4 rings (SSSR count). The van der Waals surface area contributed by atoms with Gasteiger partial charge in [0, 0.05) is 23.2 Å². The van der Waals surface area contributed by atoms with Crippen molar-refractivity contribution in [3.8, 4) is 5.75 Å². The summed E-state index contributed by atoms with van der Waals surface area (Å²) < 4.78 is 22.0. The van der Waals surface area contributed by atoms with Crippen LogP contribution in [-0.4, -0.2) is 21.2 Å². The molecule has 0 N–H and O–H groups in total. The average molecular weight is 353 g/mol. The van der Waals surface area contributed by atoms with Gasteiger partial charge in [0.05, 0.1) is 6.61 Å². The summed E-state index contributed by atoms with van der Waals surface area (Å²) in [5.74, 6) is 1.19. The lowest BCUT2D eigenvalue weighted by molar-refractivity contribution is 0.356. The second-order valence-corrected chi connectivity index (χ2v) is 6.92. The second-order valence-electron chi connectivity index (χ2n) is 6.92. The lowest BCUT2D eigenvalue weighted by Gasteiger charge is -2.15. The molecule has 1 aliphatic heterocycles. The molecule has 1 aliphatic rings. The van der Waals surface area contributed by atoms with Gasteiger partial charge in [-0.3, -0.25) is 4.40 Å². The van der Waals surface area contributed by atoms with Gasteiger partial charge >= 0.3 is 0 Å². The van der Waals surface area contributed by atoms with Gasteiger partial charge in [0.15, 0.2) is 5.65 Å². The Labute approximate surface area is 153 Å². The molecule has 136 valence electrons. The monoisotopic (exact) mass is 353 g/mol. The van der Waals surface area contributed by atoms with Gasteiger partial charge in [0.1, 0.15) is 17.9 Å². The van der Waals surface area contributed by atoms with E-state index in [9.17, 15) is 4.39 Å². The van der Waals surface area contributed by atoms with E-state index in [4.69, 9.17) is 4.74 Å². The van der Waals surface area contributed by atoms with Gasteiger partial charge in [-0.15, -0.1) is 10.2 Å². The smallest absolute Gasteiger partial charge is 0.164 e. The average Bonchev–Trinajstić information content (AvgIpc) is 3.32. The third kappa shape index (κ3) is 2.85. The van der Waals surface area contributed by atoms with Gasteiger partial charge in [0.25, 0.3) is 0 Å². The Morgan fingerprint density at radius 1 is 1.15 bits per heavy atom. The van der Waals surface area contributed by atoms with Crippen LogP contribution in [0.25, 0.3) is 5.65 Å². The van der Waals surface area contributed by atoms with Gasteiger partial charge in [0.2, 0.25) is 0 Å². The van der Waals surface area contributed by atoms with Crippen LogP contribution in [0, 0.1) is 5.82 Å². The van der Waals surface area contributed by atoms with Gasteiger partial charge in [-0.25, -0.2) is 4.39 Å². The molecular weight excluding hydrogens is 329 g/mol. The molecule has 0 saturated carbocycles. The van der Waals surface area contributed by atoms with Crippen LogP contribution < -0.4 is 4.74 Å². The number of rotatable bonds is 6. The summed E-state index contributed by atoms with van der Waals surface area (Å²) in [6.07, 6.45) is 6.12. The highest BCUT2D eigenvalue weighted by Gasteiger charge is 2.20. The number of aryl methyl sites for hydroxylation is 1. The molecule has 0 unspecified atom stereocenters. The topological polar surface area (TPSA) is 39.4 Å². The van der Waals surface area contributed by atoms with Crippen molar-refractivity contribution >= 4 is 5.65 Å². The van der Waals surface area contributed by atoms with Crippen LogP contribution in [0.5, 0.6) is 5.75 Å². The molecule has 3 aromatic rings. The molecule has 5 heteroatoms. The Morgan fingerprint density at radius 3 is 2.81 bits per heavy atom. The molecule has 4 nitrogen and oxygen atoms in total. The van der Waals surface area contributed by atoms with Crippen LogP contribution in [0.1, 0.15) is 55.0 Å². The van der Waals surface area contributed by atoms with Gasteiger partial charge < -0.3 is 4.74 Å². The number of nitrogens with zero attached hydrogens (tertiary/aromatic N) is 3. The predicted octanol–water partition coefficient (Wildman–Crippen LogP) is 4.49. The van der Waals surface area contributed by atoms with E-state index in [1.165, 1.54) is 11.6 Å². The van der Waals surface area contributed by atoms with Crippen LogP contribution in [0.4, 0.5) is 4.39 Å². The fourth-order valence-corrected chi connectivity index (χ4v) is 4.07. The standard InChI is InChI=1S/C21H24FN3O/c1-3-14(4-2)16-7-5-15(25-13-23-24-21(16)25)6-8-17-18-11-12-26-20(18)10-9-19(17)22/h5,7,9-10,13-14H,3-4,6,8,11-12H2,1-2H3. The van der Waals surface area contributed by atoms with E-state index < -0.39 is 0 Å². The van der Waals surface area contributed by atoms with Gasteiger partial charge in [-0.1, -0.05) is 19.9 Å². The Bertz CT molecular complexity index is 930. The lowest BCUT2D eigenvalue weighted by Crippen LogP contribution is -2.06. The fraction of sp³-hybridized carbons (Fsp3) is 0.429. The molecule has 26 heavy (non-hydrogen) atoms. The van der Waals surface area contributed by atoms with Crippen molar-refractivity contribution in [2.45, 2.75) is 51.9 Å². The largest absolute Gasteiger partial charge is 0.493 e. The summed E-state index contributed by atoms with van der Waals surface area (Å²) >= 11 is 0. The molecule has 0 saturated heterocycles. The summed E-state index contributed by atoms with van der Waals surface area (Å²) in [5.41, 5.74) is 5.09. The second kappa shape index (κ2) is 7.06. The molecule has 0 radical (unpaired) electrons.